The Hall–Kier alpha value is -3.92. The molecule has 3 aromatic rings. The number of benzene rings is 1. The van der Waals surface area contributed by atoms with Gasteiger partial charge in [-0.05, 0) is 48.9 Å². The quantitative estimate of drug-likeness (QED) is 0.457. The average molecular weight is 499 g/mol. The number of amides is 1. The van der Waals surface area contributed by atoms with E-state index < -0.39 is 23.8 Å². The van der Waals surface area contributed by atoms with Gasteiger partial charge in [0.15, 0.2) is 0 Å². The minimum Gasteiger partial charge on any atom is -0.377 e. The van der Waals surface area contributed by atoms with Crippen molar-refractivity contribution >= 4 is 28.2 Å². The molecule has 7 nitrogen and oxygen atoms in total. The summed E-state index contributed by atoms with van der Waals surface area (Å²) in [7, 11) is 1.50. The van der Waals surface area contributed by atoms with Gasteiger partial charge in [-0.3, -0.25) is 9.59 Å². The molecule has 0 bridgehead atoms. The number of nitrogens with zero attached hydrogens (tertiary/aromatic N) is 1. The summed E-state index contributed by atoms with van der Waals surface area (Å²) in [6.45, 7) is 4.51. The van der Waals surface area contributed by atoms with Gasteiger partial charge in [-0.15, -0.1) is 0 Å². The molecule has 36 heavy (non-hydrogen) atoms. The van der Waals surface area contributed by atoms with E-state index in [2.05, 4.69) is 20.6 Å². The Morgan fingerprint density at radius 3 is 2.69 bits per heavy atom. The number of H-pyrrole nitrogens is 1. The number of anilines is 1. The highest BCUT2D eigenvalue weighted by atomic mass is 19.4. The van der Waals surface area contributed by atoms with Crippen molar-refractivity contribution in [3.8, 4) is 0 Å². The van der Waals surface area contributed by atoms with Gasteiger partial charge in [0.25, 0.3) is 11.5 Å². The number of nitrogens with one attached hydrogen (secondary N) is 3. The molecule has 2 atom stereocenters. The summed E-state index contributed by atoms with van der Waals surface area (Å²) >= 11 is 0. The summed E-state index contributed by atoms with van der Waals surface area (Å²) in [4.78, 5) is 33.0. The van der Waals surface area contributed by atoms with Crippen LogP contribution in [-0.2, 0) is 10.9 Å². The van der Waals surface area contributed by atoms with Crippen LogP contribution in [0.2, 0.25) is 0 Å². The number of methoxy groups -OCH3 is 1. The van der Waals surface area contributed by atoms with Crippen molar-refractivity contribution < 1.29 is 22.7 Å². The number of aromatic nitrogens is 2. The monoisotopic (exact) mass is 498 g/mol. The van der Waals surface area contributed by atoms with Crippen molar-refractivity contribution in [3.05, 3.63) is 87.5 Å². The van der Waals surface area contributed by atoms with E-state index in [1.807, 2.05) is 13.8 Å². The number of pyridine rings is 2. The number of carbonyl (C=O) groups excluding carboxylic acids is 1. The molecule has 0 aliphatic heterocycles. The van der Waals surface area contributed by atoms with Crippen LogP contribution in [0.3, 0.4) is 0 Å². The molecule has 0 saturated carbocycles. The van der Waals surface area contributed by atoms with Gasteiger partial charge >= 0.3 is 6.18 Å². The Bertz CT molecular complexity index is 1430. The van der Waals surface area contributed by atoms with E-state index in [4.69, 9.17) is 4.74 Å². The molecule has 188 valence electrons. The molecule has 1 aliphatic carbocycles. The second-order valence-electron chi connectivity index (χ2n) is 8.44. The van der Waals surface area contributed by atoms with Crippen LogP contribution in [0.15, 0.2) is 65.2 Å². The van der Waals surface area contributed by atoms with Gasteiger partial charge in [0.2, 0.25) is 0 Å². The lowest BCUT2D eigenvalue weighted by atomic mass is 9.85. The van der Waals surface area contributed by atoms with Gasteiger partial charge in [0.05, 0.1) is 17.2 Å². The summed E-state index contributed by atoms with van der Waals surface area (Å²) < 4.78 is 44.8. The molecule has 2 unspecified atom stereocenters. The molecule has 1 amide bonds. The Morgan fingerprint density at radius 1 is 1.22 bits per heavy atom. The largest absolute Gasteiger partial charge is 0.416 e. The summed E-state index contributed by atoms with van der Waals surface area (Å²) in [5.74, 6) is -0.308. The van der Waals surface area contributed by atoms with E-state index in [0.29, 0.717) is 34.7 Å². The van der Waals surface area contributed by atoms with Crippen LogP contribution >= 0.6 is 0 Å². The molecule has 10 heteroatoms. The van der Waals surface area contributed by atoms with Crippen molar-refractivity contribution in [1.82, 2.24) is 15.3 Å². The number of alkyl halides is 3. The molecule has 0 spiro atoms. The summed E-state index contributed by atoms with van der Waals surface area (Å²) in [5, 5.41) is 6.46. The minimum atomic E-state index is -4.57. The number of allylic oxidation sites excluding steroid dienone is 1. The van der Waals surface area contributed by atoms with E-state index in [0.717, 1.165) is 17.5 Å². The molecule has 4 rings (SSSR count). The fraction of sp³-hybridized carbons (Fsp3) is 0.269. The molecule has 0 fully saturated rings. The zero-order valence-electron chi connectivity index (χ0n) is 19.9. The zero-order chi connectivity index (χ0) is 26.0. The molecule has 1 aliphatic rings. The Morgan fingerprint density at radius 2 is 2.00 bits per heavy atom. The van der Waals surface area contributed by atoms with Crippen molar-refractivity contribution in [2.75, 3.05) is 19.0 Å². The lowest BCUT2D eigenvalue weighted by Crippen LogP contribution is -2.31. The SMILES string of the molecule is CCNc1cc2[nH]c(=O)c(C3=CC(NC(=O)c4cccc(C(F)(F)F)c4)=CC(OC)C3C)cc2cn1. The molecule has 0 radical (unpaired) electrons. The van der Waals surface area contributed by atoms with Crippen LogP contribution in [0.5, 0.6) is 0 Å². The molecule has 2 aromatic heterocycles. The van der Waals surface area contributed by atoms with Crippen molar-refractivity contribution in [3.63, 3.8) is 0 Å². The van der Waals surface area contributed by atoms with Crippen LogP contribution in [0, 0.1) is 5.92 Å². The summed E-state index contributed by atoms with van der Waals surface area (Å²) in [6, 6.07) is 7.66. The van der Waals surface area contributed by atoms with E-state index in [9.17, 15) is 22.8 Å². The van der Waals surface area contributed by atoms with Crippen LogP contribution in [-0.4, -0.2) is 35.6 Å². The lowest BCUT2D eigenvalue weighted by Gasteiger charge is -2.28. The molecular formula is C26H25F3N4O3. The maximum absolute atomic E-state index is 13.1. The maximum atomic E-state index is 13.1. The fourth-order valence-corrected chi connectivity index (χ4v) is 4.15. The molecule has 2 heterocycles. The highest BCUT2D eigenvalue weighted by molar-refractivity contribution is 5.96. The van der Waals surface area contributed by atoms with Crippen molar-refractivity contribution in [2.45, 2.75) is 26.1 Å². The third-order valence-corrected chi connectivity index (χ3v) is 6.02. The van der Waals surface area contributed by atoms with E-state index in [1.54, 1.807) is 30.5 Å². The lowest BCUT2D eigenvalue weighted by molar-refractivity contribution is -0.137. The van der Waals surface area contributed by atoms with Gasteiger partial charge in [0, 0.05) is 54.0 Å². The van der Waals surface area contributed by atoms with E-state index in [-0.39, 0.29) is 17.0 Å². The number of aromatic amines is 1. The van der Waals surface area contributed by atoms with Crippen LogP contribution in [0.1, 0.15) is 35.3 Å². The van der Waals surface area contributed by atoms with Gasteiger partial charge in [0.1, 0.15) is 5.82 Å². The Labute approximate surface area is 205 Å². The molecule has 3 N–H and O–H groups in total. The second kappa shape index (κ2) is 9.98. The van der Waals surface area contributed by atoms with Crippen LogP contribution < -0.4 is 16.2 Å². The van der Waals surface area contributed by atoms with Crippen LogP contribution in [0.4, 0.5) is 19.0 Å². The normalized spacial score (nSPS) is 17.9. The first-order valence-corrected chi connectivity index (χ1v) is 11.3. The Kier molecular flexibility index (Phi) is 6.98. The first-order valence-electron chi connectivity index (χ1n) is 11.3. The molecule has 0 saturated heterocycles. The second-order valence-corrected chi connectivity index (χ2v) is 8.44. The number of carbonyl (C=O) groups is 1. The third-order valence-electron chi connectivity index (χ3n) is 6.02. The third kappa shape index (κ3) is 5.18. The van der Waals surface area contributed by atoms with Crippen LogP contribution in [0.25, 0.3) is 16.5 Å². The molecule has 1 aromatic carbocycles. The number of hydrogen-bond donors (Lipinski definition) is 3. The average Bonchev–Trinajstić information content (AvgIpc) is 2.84. The summed E-state index contributed by atoms with van der Waals surface area (Å²) in [5.41, 5.74) is 0.555. The topological polar surface area (TPSA) is 96.1 Å². The number of fused-ring (bicyclic) bond motifs is 1. The predicted molar refractivity (Wildman–Crippen MR) is 131 cm³/mol. The van der Waals surface area contributed by atoms with Gasteiger partial charge in [-0.25, -0.2) is 4.98 Å². The number of hydrogen-bond acceptors (Lipinski definition) is 5. The number of halogens is 3. The Balaban J connectivity index is 1.69. The fourth-order valence-electron chi connectivity index (χ4n) is 4.15. The standard InChI is InChI=1S/C26H25F3N4O3/c1-4-30-23-12-21-16(13-31-23)9-20(25(35)33-21)19-10-18(11-22(36-3)14(19)2)32-24(34)15-6-5-7-17(8-15)26(27,28)29/h5-14,22H,4H2,1-3H3,(H,30,31)(H,32,34)(H,33,35). The molecular weight excluding hydrogens is 473 g/mol. The first-order chi connectivity index (χ1) is 17.1. The predicted octanol–water partition coefficient (Wildman–Crippen LogP) is 4.74. The van der Waals surface area contributed by atoms with E-state index >= 15 is 0 Å². The van der Waals surface area contributed by atoms with Crippen molar-refractivity contribution in [1.29, 1.82) is 0 Å². The highest BCUT2D eigenvalue weighted by Crippen LogP contribution is 2.33. The van der Waals surface area contributed by atoms with E-state index in [1.165, 1.54) is 19.2 Å². The van der Waals surface area contributed by atoms with Gasteiger partial charge < -0.3 is 20.4 Å². The highest BCUT2D eigenvalue weighted by Gasteiger charge is 2.31. The van der Waals surface area contributed by atoms with Gasteiger partial charge in [-0.2, -0.15) is 13.2 Å². The van der Waals surface area contributed by atoms with Crippen molar-refractivity contribution in [2.24, 2.45) is 5.92 Å². The number of rotatable bonds is 6. The number of ether oxygens (including phenoxy) is 1. The minimum absolute atomic E-state index is 0.139. The smallest absolute Gasteiger partial charge is 0.377 e. The van der Waals surface area contributed by atoms with Gasteiger partial charge in [-0.1, -0.05) is 13.0 Å². The maximum Gasteiger partial charge on any atom is 0.416 e. The summed E-state index contributed by atoms with van der Waals surface area (Å²) in [6.07, 6.45) is -0.0857. The zero-order valence-corrected chi connectivity index (χ0v) is 19.9. The first kappa shape index (κ1) is 25.2.